The summed E-state index contributed by atoms with van der Waals surface area (Å²) in [6.07, 6.45) is 1.66. The molecular weight excluding hydrogens is 178 g/mol. The van der Waals surface area contributed by atoms with Crippen molar-refractivity contribution in [3.8, 4) is 5.75 Å². The van der Waals surface area contributed by atoms with Gasteiger partial charge in [0.25, 0.3) is 0 Å². The molecule has 3 nitrogen and oxygen atoms in total. The molecule has 0 N–H and O–H groups in total. The van der Waals surface area contributed by atoms with E-state index in [-0.39, 0.29) is 6.23 Å². The van der Waals surface area contributed by atoms with E-state index in [1.54, 1.807) is 20.4 Å². The van der Waals surface area contributed by atoms with Crippen molar-refractivity contribution in [2.24, 2.45) is 4.99 Å². The molecule has 0 radical (unpaired) electrons. The molecule has 0 fully saturated rings. The highest BCUT2D eigenvalue weighted by atomic mass is 16.5. The van der Waals surface area contributed by atoms with Crippen LogP contribution in [0.3, 0.4) is 0 Å². The standard InChI is InChI=1S/C11H15NO2/c1-9(13-2)12-8-10-5-4-6-11(7-10)14-3/h4-9H,1-3H3/b12-8+. The van der Waals surface area contributed by atoms with Crippen LogP contribution in [0.25, 0.3) is 0 Å². The van der Waals surface area contributed by atoms with Gasteiger partial charge in [-0.15, -0.1) is 0 Å². The summed E-state index contributed by atoms with van der Waals surface area (Å²) >= 11 is 0. The van der Waals surface area contributed by atoms with E-state index in [1.807, 2.05) is 31.2 Å². The molecule has 0 aliphatic carbocycles. The minimum atomic E-state index is -0.110. The summed E-state index contributed by atoms with van der Waals surface area (Å²) in [5.74, 6) is 0.832. The molecule has 0 spiro atoms. The Balaban J connectivity index is 2.71. The number of aliphatic imine (C=N–C) groups is 1. The summed E-state index contributed by atoms with van der Waals surface area (Å²) in [5.41, 5.74) is 1.01. The van der Waals surface area contributed by atoms with Crippen LogP contribution in [0.4, 0.5) is 0 Å². The van der Waals surface area contributed by atoms with Gasteiger partial charge in [0, 0.05) is 13.3 Å². The third-order valence-electron chi connectivity index (χ3n) is 1.87. The fourth-order valence-corrected chi connectivity index (χ4v) is 0.974. The number of hydrogen-bond acceptors (Lipinski definition) is 3. The van der Waals surface area contributed by atoms with E-state index in [1.165, 1.54) is 0 Å². The Labute approximate surface area is 84.4 Å². The van der Waals surface area contributed by atoms with Gasteiger partial charge in [-0.2, -0.15) is 0 Å². The van der Waals surface area contributed by atoms with Crippen molar-refractivity contribution in [1.29, 1.82) is 0 Å². The van der Waals surface area contributed by atoms with Gasteiger partial charge in [0.05, 0.1) is 7.11 Å². The first kappa shape index (κ1) is 10.7. The summed E-state index contributed by atoms with van der Waals surface area (Å²) in [4.78, 5) is 4.19. The zero-order valence-electron chi connectivity index (χ0n) is 8.73. The first-order valence-corrected chi connectivity index (χ1v) is 4.46. The highest BCUT2D eigenvalue weighted by Crippen LogP contribution is 2.10. The van der Waals surface area contributed by atoms with Crippen LogP contribution in [0.1, 0.15) is 12.5 Å². The van der Waals surface area contributed by atoms with Crippen LogP contribution in [0, 0.1) is 0 Å². The van der Waals surface area contributed by atoms with Crippen molar-refractivity contribution in [2.45, 2.75) is 13.2 Å². The summed E-state index contributed by atoms with van der Waals surface area (Å²) in [6, 6.07) is 7.72. The normalized spacial score (nSPS) is 13.1. The molecule has 14 heavy (non-hydrogen) atoms. The largest absolute Gasteiger partial charge is 0.497 e. The van der Waals surface area contributed by atoms with E-state index in [9.17, 15) is 0 Å². The predicted octanol–water partition coefficient (Wildman–Crippen LogP) is 2.11. The summed E-state index contributed by atoms with van der Waals surface area (Å²) in [7, 11) is 3.28. The highest BCUT2D eigenvalue weighted by Gasteiger charge is 1.94. The van der Waals surface area contributed by atoms with Gasteiger partial charge in [-0.1, -0.05) is 12.1 Å². The van der Waals surface area contributed by atoms with Crippen LogP contribution in [-0.2, 0) is 4.74 Å². The lowest BCUT2D eigenvalue weighted by Crippen LogP contribution is -2.00. The van der Waals surface area contributed by atoms with E-state index in [2.05, 4.69) is 4.99 Å². The van der Waals surface area contributed by atoms with Gasteiger partial charge in [0.1, 0.15) is 12.0 Å². The maximum absolute atomic E-state index is 5.10. The smallest absolute Gasteiger partial charge is 0.145 e. The Morgan fingerprint density at radius 3 is 2.79 bits per heavy atom. The van der Waals surface area contributed by atoms with Gasteiger partial charge in [-0.25, -0.2) is 0 Å². The molecule has 0 saturated heterocycles. The maximum Gasteiger partial charge on any atom is 0.145 e. The van der Waals surface area contributed by atoms with Crippen molar-refractivity contribution in [1.82, 2.24) is 0 Å². The molecule has 1 atom stereocenters. The third-order valence-corrected chi connectivity index (χ3v) is 1.87. The Hall–Kier alpha value is -1.35. The van der Waals surface area contributed by atoms with Crippen LogP contribution in [0.2, 0.25) is 0 Å². The average molecular weight is 193 g/mol. The minimum absolute atomic E-state index is 0.110. The van der Waals surface area contributed by atoms with Crippen molar-refractivity contribution in [2.75, 3.05) is 14.2 Å². The topological polar surface area (TPSA) is 30.8 Å². The lowest BCUT2D eigenvalue weighted by molar-refractivity contribution is 0.127. The molecule has 0 bridgehead atoms. The third kappa shape index (κ3) is 3.18. The first-order chi connectivity index (χ1) is 6.76. The molecular formula is C11H15NO2. The molecule has 0 aliphatic rings. The molecule has 0 saturated carbocycles. The molecule has 1 unspecified atom stereocenters. The van der Waals surface area contributed by atoms with Crippen molar-refractivity contribution >= 4 is 6.21 Å². The summed E-state index contributed by atoms with van der Waals surface area (Å²) < 4.78 is 10.1. The molecule has 0 amide bonds. The first-order valence-electron chi connectivity index (χ1n) is 4.46. The number of nitrogens with zero attached hydrogens (tertiary/aromatic N) is 1. The van der Waals surface area contributed by atoms with Gasteiger partial charge in [0.2, 0.25) is 0 Å². The van der Waals surface area contributed by atoms with E-state index < -0.39 is 0 Å². The lowest BCUT2D eigenvalue weighted by Gasteiger charge is -2.02. The van der Waals surface area contributed by atoms with Crippen molar-refractivity contribution < 1.29 is 9.47 Å². The number of benzene rings is 1. The molecule has 0 aromatic heterocycles. The van der Waals surface area contributed by atoms with E-state index >= 15 is 0 Å². The van der Waals surface area contributed by atoms with Gasteiger partial charge < -0.3 is 9.47 Å². The number of ether oxygens (including phenoxy) is 2. The second kappa shape index (κ2) is 5.40. The Morgan fingerprint density at radius 2 is 2.14 bits per heavy atom. The van der Waals surface area contributed by atoms with Crippen LogP contribution < -0.4 is 4.74 Å². The van der Waals surface area contributed by atoms with E-state index in [0.717, 1.165) is 11.3 Å². The average Bonchev–Trinajstić information content (AvgIpc) is 2.26. The molecule has 3 heteroatoms. The summed E-state index contributed by atoms with van der Waals surface area (Å²) in [6.45, 7) is 1.89. The molecule has 1 aromatic carbocycles. The second-order valence-electron chi connectivity index (χ2n) is 2.89. The van der Waals surface area contributed by atoms with Gasteiger partial charge in [0.15, 0.2) is 0 Å². The molecule has 0 heterocycles. The number of rotatable bonds is 4. The van der Waals surface area contributed by atoms with Gasteiger partial charge >= 0.3 is 0 Å². The molecule has 1 aromatic rings. The zero-order chi connectivity index (χ0) is 10.4. The fraction of sp³-hybridized carbons (Fsp3) is 0.364. The number of hydrogen-bond donors (Lipinski definition) is 0. The predicted molar refractivity (Wildman–Crippen MR) is 57.1 cm³/mol. The molecule has 1 rings (SSSR count). The number of methoxy groups -OCH3 is 2. The Morgan fingerprint density at radius 1 is 1.36 bits per heavy atom. The maximum atomic E-state index is 5.10. The van der Waals surface area contributed by atoms with Gasteiger partial charge in [-0.05, 0) is 24.6 Å². The Kier molecular flexibility index (Phi) is 4.13. The highest BCUT2D eigenvalue weighted by molar-refractivity contribution is 5.80. The van der Waals surface area contributed by atoms with Crippen molar-refractivity contribution in [3.63, 3.8) is 0 Å². The monoisotopic (exact) mass is 193 g/mol. The lowest BCUT2D eigenvalue weighted by atomic mass is 10.2. The van der Waals surface area contributed by atoms with Crippen LogP contribution in [0.15, 0.2) is 29.3 Å². The van der Waals surface area contributed by atoms with Crippen LogP contribution in [0.5, 0.6) is 5.75 Å². The minimum Gasteiger partial charge on any atom is -0.497 e. The Bertz CT molecular complexity index is 310. The summed E-state index contributed by atoms with van der Waals surface area (Å²) in [5, 5.41) is 0. The SMILES string of the molecule is COc1cccc(/C=N/C(C)OC)c1. The van der Waals surface area contributed by atoms with E-state index in [4.69, 9.17) is 9.47 Å². The molecule has 76 valence electrons. The van der Waals surface area contributed by atoms with Crippen LogP contribution >= 0.6 is 0 Å². The molecule has 0 aliphatic heterocycles. The quantitative estimate of drug-likeness (QED) is 0.686. The zero-order valence-corrected chi connectivity index (χ0v) is 8.73. The van der Waals surface area contributed by atoms with Crippen molar-refractivity contribution in [3.05, 3.63) is 29.8 Å². The van der Waals surface area contributed by atoms with E-state index in [0.29, 0.717) is 0 Å². The second-order valence-corrected chi connectivity index (χ2v) is 2.89. The van der Waals surface area contributed by atoms with Crippen LogP contribution in [-0.4, -0.2) is 26.7 Å². The van der Waals surface area contributed by atoms with Gasteiger partial charge in [-0.3, -0.25) is 4.99 Å². The fourth-order valence-electron chi connectivity index (χ4n) is 0.974.